The van der Waals surface area contributed by atoms with Gasteiger partial charge in [0.05, 0.1) is 0 Å². The van der Waals surface area contributed by atoms with Crippen molar-refractivity contribution in [2.75, 3.05) is 0 Å². The van der Waals surface area contributed by atoms with E-state index in [4.69, 9.17) is 10.4 Å². The SMILES string of the molecule is N#CC(F)C(=O)O. The van der Waals surface area contributed by atoms with E-state index in [-0.39, 0.29) is 0 Å². The van der Waals surface area contributed by atoms with Crippen LogP contribution in [-0.4, -0.2) is 17.2 Å². The van der Waals surface area contributed by atoms with Gasteiger partial charge < -0.3 is 5.11 Å². The summed E-state index contributed by atoms with van der Waals surface area (Å²) in [6, 6.07) is 0.898. The predicted molar refractivity (Wildman–Crippen MR) is 18.1 cm³/mol. The minimum absolute atomic E-state index is 0.898. The van der Waals surface area contributed by atoms with Gasteiger partial charge >= 0.3 is 5.97 Å². The van der Waals surface area contributed by atoms with E-state index in [0.717, 1.165) is 6.07 Å². The number of nitriles is 1. The van der Waals surface area contributed by atoms with Crippen LogP contribution in [0.5, 0.6) is 0 Å². The molecular weight excluding hydrogens is 101 g/mol. The molecule has 1 N–H and O–H groups in total. The summed E-state index contributed by atoms with van der Waals surface area (Å²) in [5.41, 5.74) is 0. The molecule has 0 amide bonds. The molecule has 0 aromatic heterocycles. The molecule has 0 rings (SSSR count). The highest BCUT2D eigenvalue weighted by Crippen LogP contribution is 1.83. The quantitative estimate of drug-likeness (QED) is 0.505. The van der Waals surface area contributed by atoms with Crippen LogP contribution in [0.3, 0.4) is 0 Å². The number of hydrogen-bond donors (Lipinski definition) is 1. The molecule has 7 heavy (non-hydrogen) atoms. The summed E-state index contributed by atoms with van der Waals surface area (Å²) in [6.45, 7) is 0. The van der Waals surface area contributed by atoms with E-state index in [1.165, 1.54) is 0 Å². The molecule has 0 aliphatic carbocycles. The largest absolute Gasteiger partial charge is 0.478 e. The summed E-state index contributed by atoms with van der Waals surface area (Å²) in [7, 11) is 0. The standard InChI is InChI=1S/C3H2FNO2/c4-2(1-5)3(6)7/h2H,(H,6,7). The molecule has 1 atom stereocenters. The van der Waals surface area contributed by atoms with E-state index in [1.807, 2.05) is 0 Å². The zero-order valence-electron chi connectivity index (χ0n) is 3.26. The topological polar surface area (TPSA) is 61.1 Å². The number of hydrogen-bond acceptors (Lipinski definition) is 2. The third-order valence-electron chi connectivity index (χ3n) is 0.330. The van der Waals surface area contributed by atoms with Crippen LogP contribution in [-0.2, 0) is 4.79 Å². The Morgan fingerprint density at radius 2 is 2.43 bits per heavy atom. The number of carboxylic acid groups (broad SMARTS) is 1. The Hall–Kier alpha value is -1.11. The van der Waals surface area contributed by atoms with E-state index >= 15 is 0 Å². The predicted octanol–water partition coefficient (Wildman–Crippen LogP) is -0.0673. The van der Waals surface area contributed by atoms with E-state index in [2.05, 4.69) is 0 Å². The van der Waals surface area contributed by atoms with Crippen molar-refractivity contribution in [3.05, 3.63) is 0 Å². The van der Waals surface area contributed by atoms with Gasteiger partial charge in [0, 0.05) is 0 Å². The molecule has 38 valence electrons. The van der Waals surface area contributed by atoms with Gasteiger partial charge in [0.2, 0.25) is 0 Å². The van der Waals surface area contributed by atoms with Crippen molar-refractivity contribution in [2.45, 2.75) is 6.17 Å². The second-order valence-corrected chi connectivity index (χ2v) is 0.830. The number of alkyl halides is 1. The molecule has 0 spiro atoms. The van der Waals surface area contributed by atoms with E-state index in [9.17, 15) is 9.18 Å². The summed E-state index contributed by atoms with van der Waals surface area (Å²) < 4.78 is 11.3. The Kier molecular flexibility index (Phi) is 1.79. The van der Waals surface area contributed by atoms with Gasteiger partial charge in [-0.1, -0.05) is 0 Å². The number of carbonyl (C=O) groups is 1. The maximum absolute atomic E-state index is 11.3. The van der Waals surface area contributed by atoms with Gasteiger partial charge in [-0.25, -0.2) is 9.18 Å². The van der Waals surface area contributed by atoms with Crippen LogP contribution in [0.2, 0.25) is 0 Å². The van der Waals surface area contributed by atoms with Crippen LogP contribution in [0.4, 0.5) is 4.39 Å². The average Bonchev–Trinajstić information content (AvgIpc) is 1.65. The Morgan fingerprint density at radius 3 is 2.43 bits per heavy atom. The van der Waals surface area contributed by atoms with Gasteiger partial charge in [0.1, 0.15) is 6.07 Å². The zero-order chi connectivity index (χ0) is 5.86. The number of halogens is 1. The van der Waals surface area contributed by atoms with Gasteiger partial charge in [0.15, 0.2) is 0 Å². The molecule has 3 nitrogen and oxygen atoms in total. The summed E-state index contributed by atoms with van der Waals surface area (Å²) in [6.07, 6.45) is -2.38. The normalized spacial score (nSPS) is 12.0. The van der Waals surface area contributed by atoms with Crippen LogP contribution in [0.25, 0.3) is 0 Å². The Morgan fingerprint density at radius 1 is 2.00 bits per heavy atom. The van der Waals surface area contributed by atoms with E-state index < -0.39 is 12.1 Å². The Labute approximate surface area is 39.0 Å². The molecule has 0 heterocycles. The Balaban J connectivity index is 3.63. The first-order valence-corrected chi connectivity index (χ1v) is 1.45. The average molecular weight is 103 g/mol. The third kappa shape index (κ3) is 1.71. The molecule has 1 unspecified atom stereocenters. The molecule has 0 bridgehead atoms. The van der Waals surface area contributed by atoms with Crippen LogP contribution in [0.1, 0.15) is 0 Å². The van der Waals surface area contributed by atoms with Crippen molar-refractivity contribution in [1.82, 2.24) is 0 Å². The lowest BCUT2D eigenvalue weighted by Crippen LogP contribution is -2.10. The fourth-order valence-electron chi connectivity index (χ4n) is 0.0552. The summed E-state index contributed by atoms with van der Waals surface area (Å²) in [5.74, 6) is -1.73. The van der Waals surface area contributed by atoms with Crippen LogP contribution in [0, 0.1) is 11.3 Å². The molecule has 0 saturated carbocycles. The zero-order valence-corrected chi connectivity index (χ0v) is 3.26. The van der Waals surface area contributed by atoms with Gasteiger partial charge in [0.25, 0.3) is 6.17 Å². The molecule has 0 fully saturated rings. The maximum atomic E-state index is 11.3. The molecule has 0 aromatic carbocycles. The minimum atomic E-state index is -2.38. The van der Waals surface area contributed by atoms with Crippen molar-refractivity contribution in [3.8, 4) is 6.07 Å². The van der Waals surface area contributed by atoms with E-state index in [0.29, 0.717) is 0 Å². The fraction of sp³-hybridized carbons (Fsp3) is 0.333. The van der Waals surface area contributed by atoms with Crippen molar-refractivity contribution in [3.63, 3.8) is 0 Å². The first kappa shape index (κ1) is 5.89. The summed E-state index contributed by atoms with van der Waals surface area (Å²) in [5, 5.41) is 15.1. The number of aliphatic carboxylic acids is 1. The van der Waals surface area contributed by atoms with E-state index in [1.54, 1.807) is 0 Å². The number of nitrogens with zero attached hydrogens (tertiary/aromatic N) is 1. The van der Waals surface area contributed by atoms with Crippen molar-refractivity contribution >= 4 is 5.97 Å². The number of rotatable bonds is 1. The second kappa shape index (κ2) is 2.13. The smallest absolute Gasteiger partial charge is 0.353 e. The van der Waals surface area contributed by atoms with Crippen molar-refractivity contribution in [2.24, 2.45) is 0 Å². The highest BCUT2D eigenvalue weighted by atomic mass is 19.1. The molecule has 0 aromatic rings. The van der Waals surface area contributed by atoms with Crippen molar-refractivity contribution < 1.29 is 14.3 Å². The van der Waals surface area contributed by atoms with Gasteiger partial charge in [-0.15, -0.1) is 0 Å². The summed E-state index contributed by atoms with van der Waals surface area (Å²) in [4.78, 5) is 9.33. The number of carboxylic acids is 1. The highest BCUT2D eigenvalue weighted by Gasteiger charge is 2.11. The van der Waals surface area contributed by atoms with Crippen LogP contribution < -0.4 is 0 Å². The highest BCUT2D eigenvalue weighted by molar-refractivity contribution is 5.75. The lowest BCUT2D eigenvalue weighted by molar-refractivity contribution is -0.140. The monoisotopic (exact) mass is 103 g/mol. The molecule has 0 aliphatic rings. The summed E-state index contributed by atoms with van der Waals surface area (Å²) >= 11 is 0. The fourth-order valence-corrected chi connectivity index (χ4v) is 0.0552. The Bertz CT molecular complexity index is 117. The molecule has 0 radical (unpaired) electrons. The lowest BCUT2D eigenvalue weighted by Gasteiger charge is -1.82. The molecule has 0 saturated heterocycles. The van der Waals surface area contributed by atoms with Gasteiger partial charge in [-0.3, -0.25) is 0 Å². The van der Waals surface area contributed by atoms with Crippen LogP contribution in [0.15, 0.2) is 0 Å². The first-order valence-electron chi connectivity index (χ1n) is 1.45. The molecule has 0 aliphatic heterocycles. The van der Waals surface area contributed by atoms with Gasteiger partial charge in [-0.2, -0.15) is 5.26 Å². The maximum Gasteiger partial charge on any atom is 0.353 e. The molecular formula is C3H2FNO2. The second-order valence-electron chi connectivity index (χ2n) is 0.830. The first-order chi connectivity index (χ1) is 3.18. The molecule has 4 heteroatoms. The van der Waals surface area contributed by atoms with Gasteiger partial charge in [-0.05, 0) is 0 Å². The minimum Gasteiger partial charge on any atom is -0.478 e. The third-order valence-corrected chi connectivity index (χ3v) is 0.330. The lowest BCUT2D eigenvalue weighted by atomic mass is 10.4. The van der Waals surface area contributed by atoms with Crippen molar-refractivity contribution in [1.29, 1.82) is 5.26 Å². The van der Waals surface area contributed by atoms with Crippen LogP contribution >= 0.6 is 0 Å².